The monoisotopic (exact) mass is 265 g/mol. The van der Waals surface area contributed by atoms with Gasteiger partial charge in [-0.15, -0.1) is 0 Å². The zero-order chi connectivity index (χ0) is 13.8. The van der Waals surface area contributed by atoms with E-state index in [1.807, 2.05) is 6.07 Å². The van der Waals surface area contributed by atoms with Crippen LogP contribution >= 0.6 is 0 Å². The van der Waals surface area contributed by atoms with Crippen LogP contribution in [-0.4, -0.2) is 37.1 Å². The van der Waals surface area contributed by atoms with E-state index < -0.39 is 5.97 Å². The van der Waals surface area contributed by atoms with Crippen LogP contribution in [0.4, 0.5) is 0 Å². The van der Waals surface area contributed by atoms with Crippen LogP contribution < -0.4 is 0 Å². The minimum absolute atomic E-state index is 0.303. The van der Waals surface area contributed by atoms with Crippen molar-refractivity contribution < 1.29 is 13.9 Å². The van der Waals surface area contributed by atoms with E-state index in [9.17, 15) is 4.79 Å². The fraction of sp³-hybridized carbons (Fsp3) is 0.667. The molecular formula is C15H23NO3. The van der Waals surface area contributed by atoms with Crippen molar-refractivity contribution in [3.05, 3.63) is 23.7 Å². The highest BCUT2D eigenvalue weighted by Crippen LogP contribution is 2.23. The van der Waals surface area contributed by atoms with Gasteiger partial charge in [0.05, 0.1) is 7.11 Å². The SMILES string of the molecule is COC(=O)c1ccc(CC2CCN(C(C)C)CC2)o1. The van der Waals surface area contributed by atoms with E-state index in [1.165, 1.54) is 20.0 Å². The molecule has 0 atom stereocenters. The Bertz CT molecular complexity index is 417. The number of hydrogen-bond acceptors (Lipinski definition) is 4. The Kier molecular flexibility index (Phi) is 4.64. The molecule has 1 aliphatic heterocycles. The third-order valence-electron chi connectivity index (χ3n) is 3.92. The number of methoxy groups -OCH3 is 1. The largest absolute Gasteiger partial charge is 0.463 e. The number of esters is 1. The summed E-state index contributed by atoms with van der Waals surface area (Å²) in [7, 11) is 1.37. The zero-order valence-electron chi connectivity index (χ0n) is 12.0. The van der Waals surface area contributed by atoms with Crippen molar-refractivity contribution in [2.24, 2.45) is 5.92 Å². The lowest BCUT2D eigenvalue weighted by molar-refractivity contribution is 0.0562. The molecule has 106 valence electrons. The predicted molar refractivity (Wildman–Crippen MR) is 73.2 cm³/mol. The second-order valence-electron chi connectivity index (χ2n) is 5.53. The molecule has 1 aromatic heterocycles. The molecule has 1 aromatic rings. The molecule has 4 nitrogen and oxygen atoms in total. The molecule has 0 N–H and O–H groups in total. The van der Waals surface area contributed by atoms with Crippen molar-refractivity contribution in [3.63, 3.8) is 0 Å². The average Bonchev–Trinajstić information content (AvgIpc) is 2.87. The molecule has 0 aliphatic carbocycles. The van der Waals surface area contributed by atoms with Crippen LogP contribution in [0.5, 0.6) is 0 Å². The first-order chi connectivity index (χ1) is 9.10. The Hall–Kier alpha value is -1.29. The maximum Gasteiger partial charge on any atom is 0.373 e. The minimum atomic E-state index is -0.402. The van der Waals surface area contributed by atoms with Crippen molar-refractivity contribution >= 4 is 5.97 Å². The molecule has 0 unspecified atom stereocenters. The summed E-state index contributed by atoms with van der Waals surface area (Å²) in [5.74, 6) is 1.45. The first-order valence-corrected chi connectivity index (χ1v) is 7.01. The minimum Gasteiger partial charge on any atom is -0.463 e. The van der Waals surface area contributed by atoms with Gasteiger partial charge in [-0.25, -0.2) is 4.79 Å². The van der Waals surface area contributed by atoms with E-state index >= 15 is 0 Å². The zero-order valence-corrected chi connectivity index (χ0v) is 12.0. The van der Waals surface area contributed by atoms with Crippen molar-refractivity contribution in [2.45, 2.75) is 39.2 Å². The van der Waals surface area contributed by atoms with Gasteiger partial charge in [0, 0.05) is 12.5 Å². The number of hydrogen-bond donors (Lipinski definition) is 0. The number of likely N-dealkylation sites (tertiary alicyclic amines) is 1. The molecule has 0 saturated carbocycles. The van der Waals surface area contributed by atoms with Gasteiger partial charge in [0.25, 0.3) is 0 Å². The van der Waals surface area contributed by atoms with Gasteiger partial charge in [-0.3, -0.25) is 0 Å². The van der Waals surface area contributed by atoms with Crippen LogP contribution in [0.2, 0.25) is 0 Å². The van der Waals surface area contributed by atoms with Crippen molar-refractivity contribution in [3.8, 4) is 0 Å². The highest BCUT2D eigenvalue weighted by Gasteiger charge is 2.22. The Labute approximate surface area is 114 Å². The summed E-state index contributed by atoms with van der Waals surface area (Å²) >= 11 is 0. The summed E-state index contributed by atoms with van der Waals surface area (Å²) in [4.78, 5) is 13.8. The van der Waals surface area contributed by atoms with Gasteiger partial charge in [0.15, 0.2) is 0 Å². The molecule has 0 amide bonds. The number of carbonyl (C=O) groups is 1. The van der Waals surface area contributed by atoms with Gasteiger partial charge >= 0.3 is 5.97 Å². The average molecular weight is 265 g/mol. The molecule has 0 bridgehead atoms. The first kappa shape index (κ1) is 14.1. The standard InChI is InChI=1S/C15H23NO3/c1-11(2)16-8-6-12(7-9-16)10-13-4-5-14(19-13)15(17)18-3/h4-5,11-12H,6-10H2,1-3H3. The first-order valence-electron chi connectivity index (χ1n) is 7.01. The number of rotatable bonds is 4. The number of furan rings is 1. The molecule has 0 aromatic carbocycles. The normalized spacial score (nSPS) is 17.9. The van der Waals surface area contributed by atoms with Gasteiger partial charge in [0.1, 0.15) is 5.76 Å². The van der Waals surface area contributed by atoms with E-state index in [-0.39, 0.29) is 0 Å². The van der Waals surface area contributed by atoms with Crippen LogP contribution in [0.25, 0.3) is 0 Å². The molecule has 0 radical (unpaired) electrons. The second-order valence-corrected chi connectivity index (χ2v) is 5.53. The lowest BCUT2D eigenvalue weighted by atomic mass is 9.92. The van der Waals surface area contributed by atoms with E-state index in [0.29, 0.717) is 17.7 Å². The summed E-state index contributed by atoms with van der Waals surface area (Å²) in [6.45, 7) is 6.81. The lowest BCUT2D eigenvalue weighted by Gasteiger charge is -2.34. The molecular weight excluding hydrogens is 242 g/mol. The molecule has 1 saturated heterocycles. The Morgan fingerprint density at radius 1 is 1.42 bits per heavy atom. The summed E-state index contributed by atoms with van der Waals surface area (Å²) < 4.78 is 10.2. The van der Waals surface area contributed by atoms with Gasteiger partial charge in [-0.2, -0.15) is 0 Å². The molecule has 1 fully saturated rings. The van der Waals surface area contributed by atoms with Crippen LogP contribution in [0, 0.1) is 5.92 Å². The Morgan fingerprint density at radius 3 is 2.68 bits per heavy atom. The van der Waals surface area contributed by atoms with E-state index in [4.69, 9.17) is 4.42 Å². The Balaban J connectivity index is 1.85. The maximum atomic E-state index is 11.3. The van der Waals surface area contributed by atoms with E-state index in [2.05, 4.69) is 23.5 Å². The van der Waals surface area contributed by atoms with Crippen LogP contribution in [0.15, 0.2) is 16.5 Å². The summed E-state index contributed by atoms with van der Waals surface area (Å²) in [6, 6.07) is 4.22. The maximum absolute atomic E-state index is 11.3. The highest BCUT2D eigenvalue weighted by atomic mass is 16.5. The predicted octanol–water partition coefficient (Wildman–Crippen LogP) is 2.73. The number of piperidine rings is 1. The van der Waals surface area contributed by atoms with Crippen molar-refractivity contribution in [1.82, 2.24) is 4.90 Å². The smallest absolute Gasteiger partial charge is 0.373 e. The molecule has 4 heteroatoms. The molecule has 0 spiro atoms. The number of ether oxygens (including phenoxy) is 1. The second kappa shape index (κ2) is 6.24. The van der Waals surface area contributed by atoms with Gasteiger partial charge in [-0.1, -0.05) is 0 Å². The molecule has 2 rings (SSSR count). The third-order valence-corrected chi connectivity index (χ3v) is 3.92. The molecule has 2 heterocycles. The summed E-state index contributed by atoms with van der Waals surface area (Å²) in [6.07, 6.45) is 3.32. The summed E-state index contributed by atoms with van der Waals surface area (Å²) in [5.41, 5.74) is 0. The highest BCUT2D eigenvalue weighted by molar-refractivity contribution is 5.86. The number of carbonyl (C=O) groups excluding carboxylic acids is 1. The van der Waals surface area contributed by atoms with Gasteiger partial charge in [-0.05, 0) is 57.8 Å². The van der Waals surface area contributed by atoms with Gasteiger partial charge < -0.3 is 14.1 Å². The topological polar surface area (TPSA) is 42.7 Å². The van der Waals surface area contributed by atoms with Crippen LogP contribution in [0.1, 0.15) is 43.0 Å². The fourth-order valence-corrected chi connectivity index (χ4v) is 2.66. The quantitative estimate of drug-likeness (QED) is 0.785. The van der Waals surface area contributed by atoms with E-state index in [0.717, 1.165) is 25.3 Å². The van der Waals surface area contributed by atoms with Crippen LogP contribution in [0.3, 0.4) is 0 Å². The van der Waals surface area contributed by atoms with E-state index in [1.54, 1.807) is 6.07 Å². The Morgan fingerprint density at radius 2 is 2.11 bits per heavy atom. The summed E-state index contributed by atoms with van der Waals surface area (Å²) in [5, 5.41) is 0. The molecule has 1 aliphatic rings. The van der Waals surface area contributed by atoms with Gasteiger partial charge in [0.2, 0.25) is 5.76 Å². The number of nitrogens with zero attached hydrogens (tertiary/aromatic N) is 1. The third kappa shape index (κ3) is 3.60. The van der Waals surface area contributed by atoms with Crippen molar-refractivity contribution in [1.29, 1.82) is 0 Å². The van der Waals surface area contributed by atoms with Crippen molar-refractivity contribution in [2.75, 3.05) is 20.2 Å². The fourth-order valence-electron chi connectivity index (χ4n) is 2.66. The lowest BCUT2D eigenvalue weighted by Crippen LogP contribution is -2.38. The molecule has 19 heavy (non-hydrogen) atoms. The van der Waals surface area contributed by atoms with Crippen LogP contribution in [-0.2, 0) is 11.2 Å².